The van der Waals surface area contributed by atoms with Gasteiger partial charge < -0.3 is 10.1 Å². The summed E-state index contributed by atoms with van der Waals surface area (Å²) in [6.07, 6.45) is 0. The highest BCUT2D eigenvalue weighted by Gasteiger charge is 2.03. The van der Waals surface area contributed by atoms with E-state index in [9.17, 15) is 4.79 Å². The first-order chi connectivity index (χ1) is 9.31. The van der Waals surface area contributed by atoms with Gasteiger partial charge in [0.05, 0.1) is 24.1 Å². The SMILES string of the molecule is COc1ccccc1C#CCNC(=O)c1cccs1. The van der Waals surface area contributed by atoms with Gasteiger partial charge >= 0.3 is 0 Å². The van der Waals surface area contributed by atoms with Crippen LogP contribution in [0.5, 0.6) is 5.75 Å². The normalized spacial score (nSPS) is 9.32. The molecule has 19 heavy (non-hydrogen) atoms. The average Bonchev–Trinajstić information content (AvgIpc) is 2.98. The van der Waals surface area contributed by atoms with E-state index in [4.69, 9.17) is 4.74 Å². The van der Waals surface area contributed by atoms with E-state index < -0.39 is 0 Å². The molecule has 3 nitrogen and oxygen atoms in total. The zero-order valence-corrected chi connectivity index (χ0v) is 11.3. The van der Waals surface area contributed by atoms with Crippen molar-refractivity contribution in [1.82, 2.24) is 5.32 Å². The first-order valence-electron chi connectivity index (χ1n) is 5.75. The number of ether oxygens (including phenoxy) is 1. The summed E-state index contributed by atoms with van der Waals surface area (Å²) in [4.78, 5) is 12.3. The summed E-state index contributed by atoms with van der Waals surface area (Å²) in [6, 6.07) is 11.2. The molecule has 1 aromatic heterocycles. The molecule has 0 saturated heterocycles. The van der Waals surface area contributed by atoms with E-state index in [-0.39, 0.29) is 5.91 Å². The van der Waals surface area contributed by atoms with Gasteiger partial charge in [-0.05, 0) is 23.6 Å². The van der Waals surface area contributed by atoms with Crippen LogP contribution in [0.4, 0.5) is 0 Å². The highest BCUT2D eigenvalue weighted by atomic mass is 32.1. The molecule has 1 heterocycles. The van der Waals surface area contributed by atoms with Crippen LogP contribution in [-0.2, 0) is 0 Å². The number of para-hydroxylation sites is 1. The minimum atomic E-state index is -0.0932. The van der Waals surface area contributed by atoms with Gasteiger partial charge in [0.2, 0.25) is 0 Å². The lowest BCUT2D eigenvalue weighted by Gasteiger charge is -2.01. The summed E-state index contributed by atoms with van der Waals surface area (Å²) >= 11 is 1.41. The summed E-state index contributed by atoms with van der Waals surface area (Å²) in [5.74, 6) is 6.53. The number of benzene rings is 1. The van der Waals surface area contributed by atoms with Gasteiger partial charge in [-0.15, -0.1) is 11.3 Å². The third-order valence-corrected chi connectivity index (χ3v) is 3.28. The quantitative estimate of drug-likeness (QED) is 0.871. The molecular weight excluding hydrogens is 258 g/mol. The predicted octanol–water partition coefficient (Wildman–Crippen LogP) is 2.54. The molecule has 1 amide bonds. The number of hydrogen-bond donors (Lipinski definition) is 1. The summed E-state index contributed by atoms with van der Waals surface area (Å²) in [5.41, 5.74) is 0.815. The Hall–Kier alpha value is -2.25. The number of amides is 1. The lowest BCUT2D eigenvalue weighted by atomic mass is 10.2. The molecule has 0 unspecified atom stereocenters. The molecule has 2 rings (SSSR count). The summed E-state index contributed by atoms with van der Waals surface area (Å²) in [7, 11) is 1.61. The van der Waals surface area contributed by atoms with Crippen molar-refractivity contribution in [2.75, 3.05) is 13.7 Å². The van der Waals surface area contributed by atoms with Gasteiger partial charge in [-0.2, -0.15) is 0 Å². The van der Waals surface area contributed by atoms with Gasteiger partial charge in [0.25, 0.3) is 5.91 Å². The second kappa shape index (κ2) is 6.62. The van der Waals surface area contributed by atoms with Crippen molar-refractivity contribution in [3.63, 3.8) is 0 Å². The van der Waals surface area contributed by atoms with E-state index in [1.54, 1.807) is 13.2 Å². The van der Waals surface area contributed by atoms with Crippen LogP contribution < -0.4 is 10.1 Å². The molecule has 0 fully saturated rings. The molecule has 0 atom stereocenters. The highest BCUT2D eigenvalue weighted by Crippen LogP contribution is 2.15. The smallest absolute Gasteiger partial charge is 0.262 e. The number of hydrogen-bond acceptors (Lipinski definition) is 3. The lowest BCUT2D eigenvalue weighted by molar-refractivity contribution is 0.0962. The van der Waals surface area contributed by atoms with Gasteiger partial charge in [0.15, 0.2) is 0 Å². The molecule has 1 N–H and O–H groups in total. The maximum Gasteiger partial charge on any atom is 0.262 e. The van der Waals surface area contributed by atoms with E-state index in [1.165, 1.54) is 11.3 Å². The van der Waals surface area contributed by atoms with Gasteiger partial charge in [-0.3, -0.25) is 4.79 Å². The van der Waals surface area contributed by atoms with Crippen LogP contribution in [0.25, 0.3) is 0 Å². The van der Waals surface area contributed by atoms with Crippen molar-refractivity contribution in [3.05, 3.63) is 52.2 Å². The number of methoxy groups -OCH3 is 1. The fraction of sp³-hybridized carbons (Fsp3) is 0.133. The molecule has 0 bridgehead atoms. The van der Waals surface area contributed by atoms with Crippen molar-refractivity contribution in [3.8, 4) is 17.6 Å². The monoisotopic (exact) mass is 271 g/mol. The van der Waals surface area contributed by atoms with E-state index in [0.717, 1.165) is 11.3 Å². The van der Waals surface area contributed by atoms with Crippen LogP contribution in [0.3, 0.4) is 0 Å². The Morgan fingerprint density at radius 3 is 2.89 bits per heavy atom. The van der Waals surface area contributed by atoms with Crippen LogP contribution in [0.1, 0.15) is 15.2 Å². The Kier molecular flexibility index (Phi) is 4.60. The summed E-state index contributed by atoms with van der Waals surface area (Å²) in [6.45, 7) is 0.314. The van der Waals surface area contributed by atoms with Crippen molar-refractivity contribution in [1.29, 1.82) is 0 Å². The van der Waals surface area contributed by atoms with E-state index in [2.05, 4.69) is 17.2 Å². The minimum Gasteiger partial charge on any atom is -0.495 e. The predicted molar refractivity (Wildman–Crippen MR) is 76.5 cm³/mol. The summed E-state index contributed by atoms with van der Waals surface area (Å²) < 4.78 is 5.19. The fourth-order valence-corrected chi connectivity index (χ4v) is 2.15. The first-order valence-corrected chi connectivity index (χ1v) is 6.63. The average molecular weight is 271 g/mol. The van der Waals surface area contributed by atoms with Crippen molar-refractivity contribution >= 4 is 17.2 Å². The zero-order valence-electron chi connectivity index (χ0n) is 10.5. The number of thiophene rings is 1. The molecule has 0 radical (unpaired) electrons. The molecular formula is C15H13NO2S. The largest absolute Gasteiger partial charge is 0.495 e. The zero-order chi connectivity index (χ0) is 13.5. The van der Waals surface area contributed by atoms with Crippen LogP contribution in [-0.4, -0.2) is 19.6 Å². The topological polar surface area (TPSA) is 38.3 Å². The van der Waals surface area contributed by atoms with Crippen LogP contribution in [0, 0.1) is 11.8 Å². The van der Waals surface area contributed by atoms with Gasteiger partial charge in [-0.25, -0.2) is 0 Å². The maximum absolute atomic E-state index is 11.6. The van der Waals surface area contributed by atoms with Crippen LogP contribution >= 0.6 is 11.3 Å². The number of carbonyl (C=O) groups is 1. The molecule has 0 aliphatic carbocycles. The number of rotatable bonds is 3. The molecule has 96 valence electrons. The van der Waals surface area contributed by atoms with E-state index in [0.29, 0.717) is 11.4 Å². The Balaban J connectivity index is 1.93. The second-order valence-electron chi connectivity index (χ2n) is 3.66. The Bertz CT molecular complexity index is 609. The molecule has 0 saturated carbocycles. The van der Waals surface area contributed by atoms with Crippen LogP contribution in [0.2, 0.25) is 0 Å². The standard InChI is InChI=1S/C15H13NO2S/c1-18-13-8-3-2-6-12(13)7-4-10-16-15(17)14-9-5-11-19-14/h2-3,5-6,8-9,11H,10H2,1H3,(H,16,17). The number of nitrogens with one attached hydrogen (secondary N) is 1. The highest BCUT2D eigenvalue weighted by molar-refractivity contribution is 7.12. The second-order valence-corrected chi connectivity index (χ2v) is 4.61. The molecule has 1 aromatic carbocycles. The minimum absolute atomic E-state index is 0.0932. The van der Waals surface area contributed by atoms with E-state index >= 15 is 0 Å². The third-order valence-electron chi connectivity index (χ3n) is 2.41. The molecule has 0 spiro atoms. The lowest BCUT2D eigenvalue weighted by Crippen LogP contribution is -2.22. The van der Waals surface area contributed by atoms with Crippen molar-refractivity contribution in [2.45, 2.75) is 0 Å². The number of carbonyl (C=O) groups excluding carboxylic acids is 1. The summed E-state index contributed by atoms with van der Waals surface area (Å²) in [5, 5.41) is 4.62. The molecule has 0 aliphatic heterocycles. The van der Waals surface area contributed by atoms with Gasteiger partial charge in [0.1, 0.15) is 5.75 Å². The fourth-order valence-electron chi connectivity index (χ4n) is 1.51. The first kappa shape index (κ1) is 13.2. The maximum atomic E-state index is 11.6. The van der Waals surface area contributed by atoms with Gasteiger partial charge in [-0.1, -0.05) is 30.0 Å². The molecule has 2 aromatic rings. The van der Waals surface area contributed by atoms with E-state index in [1.807, 2.05) is 35.7 Å². The third kappa shape index (κ3) is 3.60. The molecule has 0 aliphatic rings. The Labute approximate surface area is 116 Å². The van der Waals surface area contributed by atoms with Crippen molar-refractivity contribution in [2.24, 2.45) is 0 Å². The Morgan fingerprint density at radius 2 is 2.16 bits per heavy atom. The Morgan fingerprint density at radius 1 is 1.32 bits per heavy atom. The molecule has 4 heteroatoms. The van der Waals surface area contributed by atoms with Gasteiger partial charge in [0, 0.05) is 0 Å². The van der Waals surface area contributed by atoms with Crippen molar-refractivity contribution < 1.29 is 9.53 Å². The van der Waals surface area contributed by atoms with Crippen LogP contribution in [0.15, 0.2) is 41.8 Å².